The van der Waals surface area contributed by atoms with Gasteiger partial charge in [0.25, 0.3) is 10.0 Å². The van der Waals surface area contributed by atoms with Crippen LogP contribution in [0.3, 0.4) is 0 Å². The molecule has 0 unspecified atom stereocenters. The van der Waals surface area contributed by atoms with Crippen LogP contribution >= 0.6 is 34.5 Å². The molecule has 11 heteroatoms. The van der Waals surface area contributed by atoms with Crippen LogP contribution in [-0.4, -0.2) is 62.3 Å². The first kappa shape index (κ1) is 20.3. The van der Waals surface area contributed by atoms with Gasteiger partial charge in [0.05, 0.1) is 17.1 Å². The van der Waals surface area contributed by atoms with Gasteiger partial charge in [0.1, 0.15) is 4.90 Å². The van der Waals surface area contributed by atoms with Crippen molar-refractivity contribution >= 4 is 55.6 Å². The number of likely N-dealkylation sites (N-methyl/N-ethyl adjacent to an activating group) is 1. The fraction of sp³-hybridized carbons (Fsp3) is 0.375. The molecule has 0 radical (unpaired) electrons. The van der Waals surface area contributed by atoms with Crippen molar-refractivity contribution in [2.75, 3.05) is 37.9 Å². The maximum absolute atomic E-state index is 12.5. The smallest absolute Gasteiger partial charge is 0.265 e. The zero-order valence-electron chi connectivity index (χ0n) is 14.5. The number of anilines is 1. The van der Waals surface area contributed by atoms with Gasteiger partial charge in [0.2, 0.25) is 5.91 Å². The molecule has 0 saturated carbocycles. The maximum atomic E-state index is 12.5. The van der Waals surface area contributed by atoms with Gasteiger partial charge in [0, 0.05) is 36.6 Å². The fourth-order valence-electron chi connectivity index (χ4n) is 2.62. The van der Waals surface area contributed by atoms with E-state index in [0.29, 0.717) is 23.8 Å². The summed E-state index contributed by atoms with van der Waals surface area (Å²) in [5.74, 6) is -0.0106. The van der Waals surface area contributed by atoms with E-state index >= 15 is 0 Å². The predicted octanol–water partition coefficient (Wildman–Crippen LogP) is 2.57. The van der Waals surface area contributed by atoms with Gasteiger partial charge >= 0.3 is 0 Å². The summed E-state index contributed by atoms with van der Waals surface area (Å²) in [6.45, 7) is 3.06. The Bertz CT molecular complexity index is 941. The number of rotatable bonds is 5. The summed E-state index contributed by atoms with van der Waals surface area (Å²) < 4.78 is 27.4. The van der Waals surface area contributed by atoms with Gasteiger partial charge in [-0.1, -0.05) is 23.2 Å². The van der Waals surface area contributed by atoms with Crippen molar-refractivity contribution in [3.63, 3.8) is 0 Å². The molecule has 1 aromatic heterocycles. The third-order valence-electron chi connectivity index (χ3n) is 4.15. The summed E-state index contributed by atoms with van der Waals surface area (Å²) in [7, 11) is -1.87. The molecule has 1 N–H and O–H groups in total. The Balaban J connectivity index is 1.66. The van der Waals surface area contributed by atoms with Gasteiger partial charge in [-0.15, -0.1) is 11.3 Å². The lowest BCUT2D eigenvalue weighted by molar-refractivity contribution is -0.132. The standard InChI is InChI=1S/C16H18Cl2N4O3S2/c1-21-4-6-22(7-5-21)15(23)9-12-10-26-16(19-12)20-27(24,25)14-3-2-11(17)8-13(14)18/h2-3,8,10H,4-7,9H2,1H3,(H,19,20). The number of amides is 1. The quantitative estimate of drug-likeness (QED) is 0.759. The zero-order chi connectivity index (χ0) is 19.6. The minimum atomic E-state index is -3.90. The summed E-state index contributed by atoms with van der Waals surface area (Å²) in [6.07, 6.45) is 0.143. The minimum absolute atomic E-state index is 0.0106. The first-order chi connectivity index (χ1) is 12.7. The van der Waals surface area contributed by atoms with E-state index in [0.717, 1.165) is 24.4 Å². The number of aromatic nitrogens is 1. The van der Waals surface area contributed by atoms with Crippen molar-refractivity contribution < 1.29 is 13.2 Å². The van der Waals surface area contributed by atoms with Gasteiger partial charge in [-0.05, 0) is 25.2 Å². The van der Waals surface area contributed by atoms with Crippen LogP contribution in [0.1, 0.15) is 5.69 Å². The van der Waals surface area contributed by atoms with E-state index in [1.54, 1.807) is 10.3 Å². The van der Waals surface area contributed by atoms with Crippen molar-refractivity contribution in [3.8, 4) is 0 Å². The molecule has 2 heterocycles. The van der Waals surface area contributed by atoms with Crippen molar-refractivity contribution in [2.24, 2.45) is 0 Å². The van der Waals surface area contributed by atoms with Crippen molar-refractivity contribution in [2.45, 2.75) is 11.3 Å². The molecule has 0 aliphatic carbocycles. The number of carbonyl (C=O) groups is 1. The number of carbonyl (C=O) groups excluding carboxylic acids is 1. The van der Waals surface area contributed by atoms with Gasteiger partial charge in [-0.25, -0.2) is 13.4 Å². The number of nitrogens with one attached hydrogen (secondary N) is 1. The summed E-state index contributed by atoms with van der Waals surface area (Å²) in [5.41, 5.74) is 0.531. The molecule has 27 heavy (non-hydrogen) atoms. The molecule has 146 valence electrons. The van der Waals surface area contributed by atoms with E-state index in [1.165, 1.54) is 18.2 Å². The molecule has 0 atom stereocenters. The van der Waals surface area contributed by atoms with Crippen LogP contribution in [0.4, 0.5) is 5.13 Å². The highest BCUT2D eigenvalue weighted by molar-refractivity contribution is 7.93. The van der Waals surface area contributed by atoms with Crippen LogP contribution in [0.5, 0.6) is 0 Å². The molecule has 1 aliphatic heterocycles. The summed E-state index contributed by atoms with van der Waals surface area (Å²) >= 11 is 12.9. The van der Waals surface area contributed by atoms with Gasteiger partial charge in [-0.3, -0.25) is 9.52 Å². The lowest BCUT2D eigenvalue weighted by Crippen LogP contribution is -2.47. The predicted molar refractivity (Wildman–Crippen MR) is 107 cm³/mol. The topological polar surface area (TPSA) is 82.6 Å². The fourth-order valence-corrected chi connectivity index (χ4v) is 5.36. The minimum Gasteiger partial charge on any atom is -0.340 e. The number of hydrogen-bond acceptors (Lipinski definition) is 6. The molecule has 0 spiro atoms. The molecule has 7 nitrogen and oxygen atoms in total. The monoisotopic (exact) mass is 448 g/mol. The lowest BCUT2D eigenvalue weighted by Gasteiger charge is -2.32. The van der Waals surface area contributed by atoms with Gasteiger partial charge in [0.15, 0.2) is 5.13 Å². The second-order valence-electron chi connectivity index (χ2n) is 6.19. The summed E-state index contributed by atoms with van der Waals surface area (Å²) in [5, 5.41) is 2.23. The molecule has 1 aliphatic rings. The molecule has 1 fully saturated rings. The van der Waals surface area contributed by atoms with E-state index in [1.807, 2.05) is 7.05 Å². The maximum Gasteiger partial charge on any atom is 0.265 e. The van der Waals surface area contributed by atoms with Crippen LogP contribution < -0.4 is 4.72 Å². The van der Waals surface area contributed by atoms with E-state index in [-0.39, 0.29) is 27.4 Å². The largest absolute Gasteiger partial charge is 0.340 e. The van der Waals surface area contributed by atoms with Crippen LogP contribution in [0, 0.1) is 0 Å². The Kier molecular flexibility index (Phi) is 6.27. The van der Waals surface area contributed by atoms with Gasteiger partial charge < -0.3 is 9.80 Å². The summed E-state index contributed by atoms with van der Waals surface area (Å²) in [4.78, 5) is 20.5. The first-order valence-corrected chi connectivity index (χ1v) is 11.2. The number of hydrogen-bond donors (Lipinski definition) is 1. The second kappa shape index (κ2) is 8.32. The van der Waals surface area contributed by atoms with Crippen LogP contribution in [0.2, 0.25) is 10.0 Å². The van der Waals surface area contributed by atoms with Gasteiger partial charge in [-0.2, -0.15) is 0 Å². The normalized spacial score (nSPS) is 15.7. The van der Waals surface area contributed by atoms with Crippen molar-refractivity contribution in [1.82, 2.24) is 14.8 Å². The summed E-state index contributed by atoms with van der Waals surface area (Å²) in [6, 6.07) is 4.14. The average molecular weight is 449 g/mol. The van der Waals surface area contributed by atoms with E-state index in [4.69, 9.17) is 23.2 Å². The second-order valence-corrected chi connectivity index (χ2v) is 9.54. The molecule has 0 bridgehead atoms. The molecule has 2 aromatic rings. The Labute approximate surface area is 171 Å². The highest BCUT2D eigenvalue weighted by Gasteiger charge is 2.22. The Morgan fingerprint density at radius 3 is 2.63 bits per heavy atom. The highest BCUT2D eigenvalue weighted by atomic mass is 35.5. The highest BCUT2D eigenvalue weighted by Crippen LogP contribution is 2.27. The van der Waals surface area contributed by atoms with Crippen LogP contribution in [0.25, 0.3) is 0 Å². The van der Waals surface area contributed by atoms with Crippen molar-refractivity contribution in [1.29, 1.82) is 0 Å². The SMILES string of the molecule is CN1CCN(C(=O)Cc2csc(NS(=O)(=O)c3ccc(Cl)cc3Cl)n2)CC1. The molecule has 1 amide bonds. The van der Waals surface area contributed by atoms with Crippen LogP contribution in [-0.2, 0) is 21.2 Å². The number of sulfonamides is 1. The number of benzene rings is 1. The van der Waals surface area contributed by atoms with Crippen LogP contribution in [0.15, 0.2) is 28.5 Å². The third-order valence-corrected chi connectivity index (χ3v) is 7.14. The first-order valence-electron chi connectivity index (χ1n) is 8.13. The number of thiazole rings is 1. The van der Waals surface area contributed by atoms with Crippen molar-refractivity contribution in [3.05, 3.63) is 39.3 Å². The Morgan fingerprint density at radius 2 is 1.96 bits per heavy atom. The van der Waals surface area contributed by atoms with E-state index in [2.05, 4.69) is 14.6 Å². The average Bonchev–Trinajstić information content (AvgIpc) is 3.01. The molecule has 1 aromatic carbocycles. The lowest BCUT2D eigenvalue weighted by atomic mass is 10.2. The third kappa shape index (κ3) is 5.11. The zero-order valence-corrected chi connectivity index (χ0v) is 17.6. The van der Waals surface area contributed by atoms with E-state index in [9.17, 15) is 13.2 Å². The number of nitrogens with zero attached hydrogens (tertiary/aromatic N) is 3. The Morgan fingerprint density at radius 1 is 1.26 bits per heavy atom. The number of halogens is 2. The number of piperazine rings is 1. The molecular formula is C16H18Cl2N4O3S2. The molecule has 3 rings (SSSR count). The Hall–Kier alpha value is -1.39. The molecular weight excluding hydrogens is 431 g/mol. The molecule has 1 saturated heterocycles. The van der Waals surface area contributed by atoms with E-state index < -0.39 is 10.0 Å².